The van der Waals surface area contributed by atoms with Crippen LogP contribution in [0.2, 0.25) is 0 Å². The molecule has 0 aliphatic carbocycles. The lowest BCUT2D eigenvalue weighted by molar-refractivity contribution is 1.33. The Hall–Kier alpha value is -2.66. The summed E-state index contributed by atoms with van der Waals surface area (Å²) in [6.07, 6.45) is 7.16. The summed E-state index contributed by atoms with van der Waals surface area (Å²) in [6.45, 7) is 0. The van der Waals surface area contributed by atoms with Gasteiger partial charge in [0.25, 0.3) is 0 Å². The Bertz CT molecular complexity index is 814. The summed E-state index contributed by atoms with van der Waals surface area (Å²) < 4.78 is 8.95. The van der Waals surface area contributed by atoms with Crippen molar-refractivity contribution in [2.75, 3.05) is 0 Å². The van der Waals surface area contributed by atoms with Gasteiger partial charge in [-0.2, -0.15) is 8.75 Å². The van der Waals surface area contributed by atoms with Crippen LogP contribution < -0.4 is 0 Å². The molecular formula is C16H10N4S. The Kier molecular flexibility index (Phi) is 2.90. The van der Waals surface area contributed by atoms with Gasteiger partial charge >= 0.3 is 0 Å². The van der Waals surface area contributed by atoms with Crippen LogP contribution in [0.4, 0.5) is 0 Å². The second-order valence-electron chi connectivity index (χ2n) is 4.59. The Morgan fingerprint density at radius 3 is 1.43 bits per heavy atom. The molecule has 4 aromatic rings. The molecule has 0 spiro atoms. The maximum Gasteiger partial charge on any atom is 0.113 e. The van der Waals surface area contributed by atoms with Gasteiger partial charge in [-0.25, -0.2) is 0 Å². The van der Waals surface area contributed by atoms with Crippen LogP contribution in [0.5, 0.6) is 0 Å². The molecule has 0 aliphatic heterocycles. The molecule has 21 heavy (non-hydrogen) atoms. The maximum absolute atomic E-state index is 4.48. The van der Waals surface area contributed by atoms with Crippen molar-refractivity contribution < 1.29 is 0 Å². The van der Waals surface area contributed by atoms with Gasteiger partial charge in [-0.1, -0.05) is 12.1 Å². The number of hydrogen-bond donors (Lipinski definition) is 0. The van der Waals surface area contributed by atoms with Crippen LogP contribution in [-0.4, -0.2) is 18.7 Å². The lowest BCUT2D eigenvalue weighted by Gasteiger charge is -2.06. The minimum atomic E-state index is 0.931. The molecule has 0 radical (unpaired) electrons. The maximum atomic E-state index is 4.48. The number of pyridine rings is 2. The van der Waals surface area contributed by atoms with E-state index < -0.39 is 0 Å². The SMILES string of the molecule is c1cc(-c2ccc(-c3ccncc3)c3nsnc23)ccn1. The Morgan fingerprint density at radius 2 is 1.00 bits per heavy atom. The average Bonchev–Trinajstić information content (AvgIpc) is 3.05. The molecule has 100 valence electrons. The van der Waals surface area contributed by atoms with E-state index in [1.54, 1.807) is 24.8 Å². The number of hydrogen-bond acceptors (Lipinski definition) is 5. The van der Waals surface area contributed by atoms with Crippen LogP contribution in [0.25, 0.3) is 33.3 Å². The molecule has 0 fully saturated rings. The predicted octanol–water partition coefficient (Wildman–Crippen LogP) is 3.82. The van der Waals surface area contributed by atoms with E-state index in [2.05, 4.69) is 30.8 Å². The fourth-order valence-corrected chi connectivity index (χ4v) is 2.97. The van der Waals surface area contributed by atoms with Gasteiger partial charge in [0, 0.05) is 35.9 Å². The van der Waals surface area contributed by atoms with E-state index in [0.29, 0.717) is 0 Å². The summed E-state index contributed by atoms with van der Waals surface area (Å²) >= 11 is 1.24. The van der Waals surface area contributed by atoms with Gasteiger partial charge in [-0.3, -0.25) is 9.97 Å². The molecule has 0 amide bonds. The first-order valence-corrected chi connectivity index (χ1v) is 7.22. The van der Waals surface area contributed by atoms with Gasteiger partial charge in [0.2, 0.25) is 0 Å². The smallest absolute Gasteiger partial charge is 0.113 e. The summed E-state index contributed by atoms with van der Waals surface area (Å²) in [5, 5.41) is 0. The van der Waals surface area contributed by atoms with E-state index in [0.717, 1.165) is 33.3 Å². The standard InChI is InChI=1S/C16H10N4S/c1-2-14(12-5-9-18-10-6-12)16-15(19-21-20-16)13(1)11-3-7-17-8-4-11/h1-10H. The van der Waals surface area contributed by atoms with Crippen molar-refractivity contribution in [1.29, 1.82) is 0 Å². The third kappa shape index (κ3) is 2.08. The first-order chi connectivity index (χ1) is 10.4. The number of benzene rings is 1. The normalized spacial score (nSPS) is 10.9. The van der Waals surface area contributed by atoms with Crippen LogP contribution in [-0.2, 0) is 0 Å². The molecule has 0 saturated carbocycles. The molecule has 0 unspecified atom stereocenters. The van der Waals surface area contributed by atoms with Crippen LogP contribution in [0.3, 0.4) is 0 Å². The van der Waals surface area contributed by atoms with Gasteiger partial charge in [-0.15, -0.1) is 0 Å². The molecule has 4 nitrogen and oxygen atoms in total. The highest BCUT2D eigenvalue weighted by molar-refractivity contribution is 7.00. The lowest BCUT2D eigenvalue weighted by Crippen LogP contribution is -1.86. The Morgan fingerprint density at radius 1 is 0.571 bits per heavy atom. The summed E-state index contributed by atoms with van der Waals surface area (Å²) in [6, 6.07) is 12.1. The van der Waals surface area contributed by atoms with Gasteiger partial charge in [0.15, 0.2) is 0 Å². The number of nitrogens with zero attached hydrogens (tertiary/aromatic N) is 4. The van der Waals surface area contributed by atoms with E-state index in [9.17, 15) is 0 Å². The third-order valence-corrected chi connectivity index (χ3v) is 3.93. The molecule has 3 aromatic heterocycles. The second kappa shape index (κ2) is 5.03. The fraction of sp³-hybridized carbons (Fsp3) is 0. The predicted molar refractivity (Wildman–Crippen MR) is 83.9 cm³/mol. The van der Waals surface area contributed by atoms with E-state index in [1.807, 2.05) is 24.3 Å². The summed E-state index contributed by atoms with van der Waals surface area (Å²) in [7, 11) is 0. The number of rotatable bonds is 2. The van der Waals surface area contributed by atoms with Gasteiger partial charge in [0.1, 0.15) is 11.0 Å². The van der Waals surface area contributed by atoms with Gasteiger partial charge < -0.3 is 0 Å². The molecule has 1 aromatic carbocycles. The highest BCUT2D eigenvalue weighted by atomic mass is 32.1. The van der Waals surface area contributed by atoms with E-state index in [-0.39, 0.29) is 0 Å². The van der Waals surface area contributed by atoms with E-state index in [4.69, 9.17) is 0 Å². The molecule has 0 aliphatic rings. The molecule has 5 heteroatoms. The minimum Gasteiger partial charge on any atom is -0.265 e. The molecule has 0 saturated heterocycles. The number of aromatic nitrogens is 4. The highest BCUT2D eigenvalue weighted by Gasteiger charge is 2.12. The lowest BCUT2D eigenvalue weighted by atomic mass is 9.99. The Balaban J connectivity index is 1.97. The van der Waals surface area contributed by atoms with Crippen LogP contribution in [0.1, 0.15) is 0 Å². The second-order valence-corrected chi connectivity index (χ2v) is 5.12. The van der Waals surface area contributed by atoms with Crippen LogP contribution in [0, 0.1) is 0 Å². The van der Waals surface area contributed by atoms with Crippen molar-refractivity contribution in [3.63, 3.8) is 0 Å². The van der Waals surface area contributed by atoms with Gasteiger partial charge in [-0.05, 0) is 35.4 Å². The zero-order valence-corrected chi connectivity index (χ0v) is 11.8. The zero-order chi connectivity index (χ0) is 14.1. The molecule has 3 heterocycles. The number of fused-ring (bicyclic) bond motifs is 1. The first kappa shape index (κ1) is 12.1. The van der Waals surface area contributed by atoms with Crippen molar-refractivity contribution in [2.45, 2.75) is 0 Å². The first-order valence-electron chi connectivity index (χ1n) is 6.49. The highest BCUT2D eigenvalue weighted by Crippen LogP contribution is 2.33. The van der Waals surface area contributed by atoms with Crippen molar-refractivity contribution in [3.8, 4) is 22.3 Å². The minimum absolute atomic E-state index is 0.931. The van der Waals surface area contributed by atoms with Crippen molar-refractivity contribution >= 4 is 22.8 Å². The van der Waals surface area contributed by atoms with Crippen molar-refractivity contribution in [3.05, 3.63) is 61.2 Å². The molecule has 0 atom stereocenters. The fourth-order valence-electron chi connectivity index (χ4n) is 2.40. The van der Waals surface area contributed by atoms with Crippen molar-refractivity contribution in [2.24, 2.45) is 0 Å². The summed E-state index contributed by atoms with van der Waals surface area (Å²) in [5.74, 6) is 0. The largest absolute Gasteiger partial charge is 0.265 e. The molecule has 0 bridgehead atoms. The quantitative estimate of drug-likeness (QED) is 0.563. The monoisotopic (exact) mass is 290 g/mol. The van der Waals surface area contributed by atoms with E-state index >= 15 is 0 Å². The Labute approximate surface area is 125 Å². The zero-order valence-electron chi connectivity index (χ0n) is 11.0. The van der Waals surface area contributed by atoms with Crippen molar-refractivity contribution in [1.82, 2.24) is 18.7 Å². The summed E-state index contributed by atoms with van der Waals surface area (Å²) in [4.78, 5) is 8.13. The van der Waals surface area contributed by atoms with Crippen LogP contribution >= 0.6 is 11.7 Å². The molecule has 4 rings (SSSR count). The van der Waals surface area contributed by atoms with Gasteiger partial charge in [0.05, 0.1) is 11.7 Å². The third-order valence-electron chi connectivity index (χ3n) is 3.40. The van der Waals surface area contributed by atoms with Crippen LogP contribution in [0.15, 0.2) is 61.2 Å². The molecule has 0 N–H and O–H groups in total. The van der Waals surface area contributed by atoms with E-state index in [1.165, 1.54) is 11.7 Å². The topological polar surface area (TPSA) is 51.6 Å². The average molecular weight is 290 g/mol. The summed E-state index contributed by atoms with van der Waals surface area (Å²) in [5.41, 5.74) is 6.23. The molecular weight excluding hydrogens is 280 g/mol.